The van der Waals surface area contributed by atoms with Crippen LogP contribution in [-0.4, -0.2) is 26.7 Å². The van der Waals surface area contributed by atoms with Crippen molar-refractivity contribution in [1.29, 1.82) is 0 Å². The quantitative estimate of drug-likeness (QED) is 0.864. The maximum Gasteiger partial charge on any atom is 0.323 e. The van der Waals surface area contributed by atoms with E-state index in [-0.39, 0.29) is 6.54 Å². The number of rotatable bonds is 4. The van der Waals surface area contributed by atoms with Crippen LogP contribution in [0.4, 0.5) is 5.95 Å². The maximum absolute atomic E-state index is 11.0. The number of aromatic nitrogens is 2. The van der Waals surface area contributed by atoms with Crippen LogP contribution < -0.4 is 5.32 Å². The summed E-state index contributed by atoms with van der Waals surface area (Å²) in [6.45, 7) is 1.94. The third kappa shape index (κ3) is 2.03. The molecule has 5 nitrogen and oxygen atoms in total. The lowest BCUT2D eigenvalue weighted by atomic mass is 10.2. The van der Waals surface area contributed by atoms with Gasteiger partial charge in [-0.3, -0.25) is 9.36 Å². The first kappa shape index (κ1) is 11.1. The molecule has 3 rings (SSSR count). The van der Waals surface area contributed by atoms with Crippen LogP contribution in [0.1, 0.15) is 18.4 Å². The summed E-state index contributed by atoms with van der Waals surface area (Å²) in [6.07, 6.45) is 2.27. The van der Waals surface area contributed by atoms with E-state index in [1.807, 2.05) is 25.1 Å². The van der Waals surface area contributed by atoms with Crippen LogP contribution in [0.2, 0.25) is 0 Å². The molecule has 0 aliphatic heterocycles. The van der Waals surface area contributed by atoms with Gasteiger partial charge in [0.2, 0.25) is 5.95 Å². The molecule has 1 saturated carbocycles. The molecular weight excluding hydrogens is 230 g/mol. The normalized spacial score (nSPS) is 14.9. The number of imidazole rings is 1. The van der Waals surface area contributed by atoms with Crippen LogP contribution in [-0.2, 0) is 11.3 Å². The standard InChI is InChI=1S/C13H15N3O2/c1-8-2-5-11-10(6-8)15-13(14-9-3-4-9)16(11)7-12(17)18/h2,5-6,9H,3-4,7H2,1H3,(H,14,15)(H,17,18). The Balaban J connectivity index is 2.09. The summed E-state index contributed by atoms with van der Waals surface area (Å²) < 4.78 is 1.73. The molecule has 0 saturated heterocycles. The lowest BCUT2D eigenvalue weighted by Gasteiger charge is -2.07. The molecule has 1 aromatic heterocycles. The highest BCUT2D eigenvalue weighted by atomic mass is 16.4. The zero-order valence-corrected chi connectivity index (χ0v) is 10.2. The Morgan fingerprint density at radius 3 is 3.00 bits per heavy atom. The number of hydrogen-bond acceptors (Lipinski definition) is 3. The van der Waals surface area contributed by atoms with E-state index in [4.69, 9.17) is 5.11 Å². The van der Waals surface area contributed by atoms with Gasteiger partial charge in [-0.25, -0.2) is 4.98 Å². The summed E-state index contributed by atoms with van der Waals surface area (Å²) in [5, 5.41) is 12.3. The molecule has 5 heteroatoms. The van der Waals surface area contributed by atoms with Crippen LogP contribution in [0.5, 0.6) is 0 Å². The van der Waals surface area contributed by atoms with Gasteiger partial charge in [0.25, 0.3) is 0 Å². The summed E-state index contributed by atoms with van der Waals surface area (Å²) in [4.78, 5) is 15.4. The Hall–Kier alpha value is -2.04. The monoisotopic (exact) mass is 245 g/mol. The van der Waals surface area contributed by atoms with Crippen LogP contribution in [0.25, 0.3) is 11.0 Å². The number of aliphatic carboxylic acids is 1. The molecule has 1 heterocycles. The van der Waals surface area contributed by atoms with Crippen molar-refractivity contribution in [1.82, 2.24) is 9.55 Å². The number of carbonyl (C=O) groups is 1. The zero-order valence-electron chi connectivity index (χ0n) is 10.2. The highest BCUT2D eigenvalue weighted by molar-refractivity contribution is 5.81. The van der Waals surface area contributed by atoms with Crippen molar-refractivity contribution in [2.75, 3.05) is 5.32 Å². The summed E-state index contributed by atoms with van der Waals surface area (Å²) >= 11 is 0. The summed E-state index contributed by atoms with van der Waals surface area (Å²) in [7, 11) is 0. The van der Waals surface area contributed by atoms with E-state index in [9.17, 15) is 4.79 Å². The van der Waals surface area contributed by atoms with Gasteiger partial charge in [-0.2, -0.15) is 0 Å². The minimum Gasteiger partial charge on any atom is -0.480 e. The number of hydrogen-bond donors (Lipinski definition) is 2. The molecule has 0 spiro atoms. The third-order valence-corrected chi connectivity index (χ3v) is 3.11. The van der Waals surface area contributed by atoms with Gasteiger partial charge in [-0.1, -0.05) is 6.07 Å². The van der Waals surface area contributed by atoms with Crippen molar-refractivity contribution in [3.8, 4) is 0 Å². The van der Waals surface area contributed by atoms with Crippen molar-refractivity contribution >= 4 is 23.0 Å². The van der Waals surface area contributed by atoms with Crippen LogP contribution in [0, 0.1) is 6.92 Å². The van der Waals surface area contributed by atoms with E-state index in [1.165, 1.54) is 0 Å². The molecule has 2 N–H and O–H groups in total. The van der Waals surface area contributed by atoms with Crippen LogP contribution in [0.15, 0.2) is 18.2 Å². The molecule has 2 aromatic rings. The molecule has 0 radical (unpaired) electrons. The van der Waals surface area contributed by atoms with Crippen molar-refractivity contribution in [3.63, 3.8) is 0 Å². The Morgan fingerprint density at radius 1 is 1.56 bits per heavy atom. The number of aryl methyl sites for hydroxylation is 1. The highest BCUT2D eigenvalue weighted by Crippen LogP contribution is 2.27. The molecule has 1 aliphatic carbocycles. The second-order valence-corrected chi connectivity index (χ2v) is 4.83. The molecule has 1 aliphatic rings. The molecule has 1 fully saturated rings. The fourth-order valence-corrected chi connectivity index (χ4v) is 2.06. The maximum atomic E-state index is 11.0. The Kier molecular flexibility index (Phi) is 2.47. The second kappa shape index (κ2) is 4.01. The van der Waals surface area contributed by atoms with E-state index in [0.717, 1.165) is 29.4 Å². The Labute approximate surface area is 104 Å². The van der Waals surface area contributed by atoms with Gasteiger partial charge >= 0.3 is 5.97 Å². The van der Waals surface area contributed by atoms with Crippen molar-refractivity contribution < 1.29 is 9.90 Å². The van der Waals surface area contributed by atoms with Crippen LogP contribution >= 0.6 is 0 Å². The van der Waals surface area contributed by atoms with E-state index in [2.05, 4.69) is 10.3 Å². The van der Waals surface area contributed by atoms with Gasteiger partial charge in [-0.05, 0) is 37.5 Å². The Morgan fingerprint density at radius 2 is 2.33 bits per heavy atom. The average Bonchev–Trinajstić information content (AvgIpc) is 3.04. The summed E-state index contributed by atoms with van der Waals surface area (Å²) in [5.74, 6) is -0.186. The predicted molar refractivity (Wildman–Crippen MR) is 68.8 cm³/mol. The SMILES string of the molecule is Cc1ccc2c(c1)nc(NC1CC1)n2CC(=O)O. The van der Waals surface area contributed by atoms with Crippen molar-refractivity contribution in [2.45, 2.75) is 32.4 Å². The van der Waals surface area contributed by atoms with E-state index in [1.54, 1.807) is 4.57 Å². The second-order valence-electron chi connectivity index (χ2n) is 4.83. The number of nitrogens with zero attached hydrogens (tertiary/aromatic N) is 2. The van der Waals surface area contributed by atoms with E-state index in [0.29, 0.717) is 12.0 Å². The predicted octanol–water partition coefficient (Wildman–Crippen LogP) is 2.00. The lowest BCUT2D eigenvalue weighted by Crippen LogP contribution is -2.14. The summed E-state index contributed by atoms with van der Waals surface area (Å²) in [5.41, 5.74) is 2.84. The minimum absolute atomic E-state index is 0.0609. The molecular formula is C13H15N3O2. The number of benzene rings is 1. The van der Waals surface area contributed by atoms with E-state index < -0.39 is 5.97 Å². The van der Waals surface area contributed by atoms with Gasteiger partial charge in [-0.15, -0.1) is 0 Å². The smallest absolute Gasteiger partial charge is 0.323 e. The first-order chi connectivity index (χ1) is 8.63. The zero-order chi connectivity index (χ0) is 12.7. The average molecular weight is 245 g/mol. The van der Waals surface area contributed by atoms with Gasteiger partial charge in [0.1, 0.15) is 6.54 Å². The fraction of sp³-hybridized carbons (Fsp3) is 0.385. The topological polar surface area (TPSA) is 67.2 Å². The first-order valence-corrected chi connectivity index (χ1v) is 6.09. The lowest BCUT2D eigenvalue weighted by molar-refractivity contribution is -0.137. The number of carboxylic acids is 1. The molecule has 0 amide bonds. The molecule has 0 unspecified atom stereocenters. The molecule has 94 valence electrons. The molecule has 0 bridgehead atoms. The van der Waals surface area contributed by atoms with Crippen molar-refractivity contribution in [3.05, 3.63) is 23.8 Å². The van der Waals surface area contributed by atoms with Gasteiger partial charge in [0.15, 0.2) is 0 Å². The third-order valence-electron chi connectivity index (χ3n) is 3.11. The molecule has 0 atom stereocenters. The van der Waals surface area contributed by atoms with E-state index >= 15 is 0 Å². The molecule has 18 heavy (non-hydrogen) atoms. The molecule has 1 aromatic carbocycles. The summed E-state index contributed by atoms with van der Waals surface area (Å²) in [6, 6.07) is 6.34. The number of carboxylic acid groups (broad SMARTS) is 1. The van der Waals surface area contributed by atoms with Crippen LogP contribution in [0.3, 0.4) is 0 Å². The number of nitrogens with one attached hydrogen (secondary N) is 1. The van der Waals surface area contributed by atoms with Gasteiger partial charge in [0, 0.05) is 6.04 Å². The fourth-order valence-electron chi connectivity index (χ4n) is 2.06. The minimum atomic E-state index is -0.853. The van der Waals surface area contributed by atoms with Crippen molar-refractivity contribution in [2.24, 2.45) is 0 Å². The Bertz CT molecular complexity index is 614. The first-order valence-electron chi connectivity index (χ1n) is 6.09. The highest BCUT2D eigenvalue weighted by Gasteiger charge is 2.24. The van der Waals surface area contributed by atoms with Gasteiger partial charge in [0.05, 0.1) is 11.0 Å². The largest absolute Gasteiger partial charge is 0.480 e. The number of fused-ring (bicyclic) bond motifs is 1. The van der Waals surface area contributed by atoms with Gasteiger partial charge < -0.3 is 10.4 Å². The number of anilines is 1.